The number of dihydropyridines is 1. The van der Waals surface area contributed by atoms with Crippen LogP contribution in [0.4, 0.5) is 0 Å². The number of nitrogens with two attached hydrogens (primary N) is 1. The molecule has 0 amide bonds. The van der Waals surface area contributed by atoms with E-state index in [4.69, 9.17) is 16.7 Å². The molecule has 1 aliphatic rings. The van der Waals surface area contributed by atoms with Gasteiger partial charge >= 0.3 is 0 Å². The average Bonchev–Trinajstić information content (AvgIpc) is 1.93. The van der Waals surface area contributed by atoms with E-state index >= 15 is 0 Å². The Labute approximate surface area is 83.7 Å². The molecule has 0 aromatic rings. The van der Waals surface area contributed by atoms with Crippen LogP contribution >= 0.6 is 27.5 Å². The van der Waals surface area contributed by atoms with Crippen molar-refractivity contribution in [1.29, 1.82) is 0 Å². The summed E-state index contributed by atoms with van der Waals surface area (Å²) in [6, 6.07) is 0. The van der Waals surface area contributed by atoms with E-state index in [0.29, 0.717) is 6.54 Å². The summed E-state index contributed by atoms with van der Waals surface area (Å²) in [4.78, 5) is 3.74. The van der Waals surface area contributed by atoms with Gasteiger partial charge in [0.15, 0.2) is 0 Å². The summed E-state index contributed by atoms with van der Waals surface area (Å²) < 4.78 is 20.5. The number of rotatable bonds is 1. The maximum absolute atomic E-state index is 11.0. The Bertz CT molecular complexity index is 350. The molecule has 1 rings (SSSR count). The zero-order valence-electron chi connectivity index (χ0n) is 5.87. The number of halogens is 2. The highest BCUT2D eigenvalue weighted by molar-refractivity contribution is 9.12. The number of alkyl halides is 1. The Kier molecular flexibility index (Phi) is 2.63. The summed E-state index contributed by atoms with van der Waals surface area (Å²) in [6.07, 6.45) is 2.95. The Morgan fingerprint density at radius 1 is 1.75 bits per heavy atom. The van der Waals surface area contributed by atoms with Crippen molar-refractivity contribution in [3.8, 4) is 0 Å². The normalized spacial score (nSPS) is 30.1. The third kappa shape index (κ3) is 1.56. The van der Waals surface area contributed by atoms with Crippen LogP contribution in [0.25, 0.3) is 0 Å². The molecule has 2 N–H and O–H groups in total. The molecule has 1 heterocycles. The SMILES string of the molecule is NS(=O)(=O)C1(Br)C=CCN=C1Cl. The van der Waals surface area contributed by atoms with Crippen molar-refractivity contribution < 1.29 is 8.42 Å². The standard InChI is InChI=1S/C5H6BrClN2O2S/c6-5(12(8,10)11)2-1-3-9-4(5)7/h1-2H,3H2,(H2,8,10,11). The van der Waals surface area contributed by atoms with E-state index in [2.05, 4.69) is 20.9 Å². The van der Waals surface area contributed by atoms with Crippen LogP contribution in [0.2, 0.25) is 0 Å². The van der Waals surface area contributed by atoms with Gasteiger partial charge in [0, 0.05) is 0 Å². The number of hydrogen-bond donors (Lipinski definition) is 1. The molecule has 12 heavy (non-hydrogen) atoms. The van der Waals surface area contributed by atoms with Crippen molar-refractivity contribution in [2.45, 2.75) is 3.66 Å². The zero-order chi connectivity index (χ0) is 9.41. The molecular formula is C5H6BrClN2O2S. The number of nitrogens with zero attached hydrogens (tertiary/aromatic N) is 1. The minimum atomic E-state index is -3.81. The van der Waals surface area contributed by atoms with Crippen LogP contribution in [0.15, 0.2) is 17.1 Å². The number of aliphatic imine (C=N–C) groups is 1. The van der Waals surface area contributed by atoms with E-state index < -0.39 is 13.7 Å². The van der Waals surface area contributed by atoms with Crippen LogP contribution in [0.3, 0.4) is 0 Å². The van der Waals surface area contributed by atoms with Crippen LogP contribution in [0, 0.1) is 0 Å². The highest BCUT2D eigenvalue weighted by atomic mass is 79.9. The van der Waals surface area contributed by atoms with Crippen LogP contribution < -0.4 is 5.14 Å². The van der Waals surface area contributed by atoms with Gasteiger partial charge in [-0.3, -0.25) is 4.99 Å². The summed E-state index contributed by atoms with van der Waals surface area (Å²) in [5, 5.41) is 4.88. The van der Waals surface area contributed by atoms with Crippen molar-refractivity contribution in [3.05, 3.63) is 12.2 Å². The number of hydrogen-bond acceptors (Lipinski definition) is 3. The molecule has 68 valence electrons. The van der Waals surface area contributed by atoms with E-state index in [-0.39, 0.29) is 5.17 Å². The highest BCUT2D eigenvalue weighted by Gasteiger charge is 2.42. The topological polar surface area (TPSA) is 72.5 Å². The molecule has 7 heteroatoms. The first-order chi connectivity index (χ1) is 5.38. The molecule has 0 aromatic carbocycles. The van der Waals surface area contributed by atoms with Crippen molar-refractivity contribution in [3.63, 3.8) is 0 Å². The van der Waals surface area contributed by atoms with Crippen molar-refractivity contribution in [1.82, 2.24) is 0 Å². The first-order valence-corrected chi connectivity index (χ1v) is 5.69. The summed E-state index contributed by atoms with van der Waals surface area (Å²) in [7, 11) is -3.81. The number of sulfonamides is 1. The quantitative estimate of drug-likeness (QED) is 0.560. The van der Waals surface area contributed by atoms with Gasteiger partial charge in [-0.2, -0.15) is 0 Å². The Balaban J connectivity index is 3.23. The number of primary sulfonamides is 1. The Hall–Kier alpha value is 0.0900. The smallest absolute Gasteiger partial charge is 0.235 e. The largest absolute Gasteiger partial charge is 0.271 e. The second kappa shape index (κ2) is 3.10. The van der Waals surface area contributed by atoms with E-state index in [1.807, 2.05) is 0 Å². The average molecular weight is 274 g/mol. The molecule has 0 fully saturated rings. The minimum absolute atomic E-state index is 0.0625. The molecule has 0 bridgehead atoms. The summed E-state index contributed by atoms with van der Waals surface area (Å²) in [5.41, 5.74) is 0. The molecule has 0 radical (unpaired) electrons. The molecule has 4 nitrogen and oxygen atoms in total. The van der Waals surface area contributed by atoms with E-state index in [0.717, 1.165) is 0 Å². The molecule has 0 aromatic heterocycles. The van der Waals surface area contributed by atoms with Crippen molar-refractivity contribution in [2.24, 2.45) is 10.1 Å². The third-order valence-electron chi connectivity index (χ3n) is 1.36. The van der Waals surface area contributed by atoms with Gasteiger partial charge in [0.2, 0.25) is 13.7 Å². The Morgan fingerprint density at radius 3 is 2.67 bits per heavy atom. The molecule has 1 aliphatic heterocycles. The molecule has 1 atom stereocenters. The fourth-order valence-corrected chi connectivity index (χ4v) is 2.08. The van der Waals surface area contributed by atoms with Gasteiger partial charge in [-0.15, -0.1) is 0 Å². The van der Waals surface area contributed by atoms with Crippen LogP contribution in [0.5, 0.6) is 0 Å². The lowest BCUT2D eigenvalue weighted by Crippen LogP contribution is -2.42. The predicted molar refractivity (Wildman–Crippen MR) is 52.1 cm³/mol. The van der Waals surface area contributed by atoms with Crippen molar-refractivity contribution in [2.75, 3.05) is 6.54 Å². The summed E-state index contributed by atoms with van der Waals surface area (Å²) >= 11 is 8.52. The van der Waals surface area contributed by atoms with Gasteiger partial charge in [-0.05, 0) is 6.08 Å². The molecular weight excluding hydrogens is 267 g/mol. The molecule has 0 saturated heterocycles. The molecule has 0 aliphatic carbocycles. The predicted octanol–water partition coefficient (Wildman–Crippen LogP) is 0.573. The monoisotopic (exact) mass is 272 g/mol. The third-order valence-corrected chi connectivity index (χ3v) is 5.27. The second-order valence-corrected chi connectivity index (χ2v) is 6.09. The lowest BCUT2D eigenvalue weighted by molar-refractivity contribution is 0.595. The molecule has 1 unspecified atom stereocenters. The van der Waals surface area contributed by atoms with Crippen LogP contribution in [0.1, 0.15) is 0 Å². The lowest BCUT2D eigenvalue weighted by Gasteiger charge is -2.21. The Morgan fingerprint density at radius 2 is 2.33 bits per heavy atom. The first kappa shape index (κ1) is 10.2. The van der Waals surface area contributed by atoms with Crippen LogP contribution in [-0.2, 0) is 10.0 Å². The summed E-state index contributed by atoms with van der Waals surface area (Å²) in [5.74, 6) is 0. The van der Waals surface area contributed by atoms with Gasteiger partial charge in [-0.25, -0.2) is 13.6 Å². The van der Waals surface area contributed by atoms with E-state index in [1.165, 1.54) is 6.08 Å². The fraction of sp³-hybridized carbons (Fsp3) is 0.400. The fourth-order valence-electron chi connectivity index (χ4n) is 0.726. The first-order valence-electron chi connectivity index (χ1n) is 2.97. The molecule has 0 spiro atoms. The maximum atomic E-state index is 11.0. The van der Waals surface area contributed by atoms with Gasteiger partial charge in [0.05, 0.1) is 6.54 Å². The van der Waals surface area contributed by atoms with Crippen molar-refractivity contribution >= 4 is 42.7 Å². The second-order valence-electron chi connectivity index (χ2n) is 2.22. The van der Waals surface area contributed by atoms with Gasteiger partial charge in [0.1, 0.15) is 5.17 Å². The zero-order valence-corrected chi connectivity index (χ0v) is 9.03. The van der Waals surface area contributed by atoms with Gasteiger partial charge in [0.25, 0.3) is 0 Å². The van der Waals surface area contributed by atoms with E-state index in [1.54, 1.807) is 6.08 Å². The summed E-state index contributed by atoms with van der Waals surface area (Å²) in [6.45, 7) is 0.377. The lowest BCUT2D eigenvalue weighted by atomic mass is 10.3. The highest BCUT2D eigenvalue weighted by Crippen LogP contribution is 2.30. The van der Waals surface area contributed by atoms with Gasteiger partial charge in [-0.1, -0.05) is 33.6 Å². The molecule has 0 saturated carbocycles. The minimum Gasteiger partial charge on any atom is -0.271 e. The van der Waals surface area contributed by atoms with E-state index in [9.17, 15) is 8.42 Å². The van der Waals surface area contributed by atoms with Crippen LogP contribution in [-0.4, -0.2) is 23.8 Å². The van der Waals surface area contributed by atoms with Gasteiger partial charge < -0.3 is 0 Å². The maximum Gasteiger partial charge on any atom is 0.235 e.